The van der Waals surface area contributed by atoms with Gasteiger partial charge in [-0.15, -0.1) is 23.2 Å². The van der Waals surface area contributed by atoms with Crippen LogP contribution in [0.3, 0.4) is 0 Å². The van der Waals surface area contributed by atoms with E-state index >= 15 is 0 Å². The van der Waals surface area contributed by atoms with Crippen molar-refractivity contribution in [1.29, 1.82) is 5.26 Å². The molecule has 0 aromatic carbocycles. The van der Waals surface area contributed by atoms with Gasteiger partial charge in [0.2, 0.25) is 11.8 Å². The van der Waals surface area contributed by atoms with Crippen LogP contribution in [0.1, 0.15) is 71.1 Å². The quantitative estimate of drug-likeness (QED) is 0.402. The van der Waals surface area contributed by atoms with Gasteiger partial charge in [-0.3, -0.25) is 9.59 Å². The molecule has 5 rings (SSSR count). The minimum atomic E-state index is -0.737. The van der Waals surface area contributed by atoms with Gasteiger partial charge in [0.15, 0.2) is 0 Å². The molecule has 1 saturated heterocycles. The molecule has 0 spiro atoms. The number of aliphatic hydroxyl groups is 1. The first kappa shape index (κ1) is 26.0. The van der Waals surface area contributed by atoms with Gasteiger partial charge in [0.05, 0.1) is 46.5 Å². The summed E-state index contributed by atoms with van der Waals surface area (Å²) < 4.78 is 5.79. The first-order chi connectivity index (χ1) is 16.2. The van der Waals surface area contributed by atoms with Crippen LogP contribution in [0.25, 0.3) is 0 Å². The molecule has 7 atom stereocenters. The van der Waals surface area contributed by atoms with Crippen LogP contribution in [0.4, 0.5) is 0 Å². The van der Waals surface area contributed by atoms with Gasteiger partial charge in [0.25, 0.3) is 0 Å². The van der Waals surface area contributed by atoms with Crippen molar-refractivity contribution in [3.8, 4) is 6.07 Å². The number of carbonyl (C=O) groups excluding carboxylic acids is 2. The highest BCUT2D eigenvalue weighted by molar-refractivity contribution is 6.30. The van der Waals surface area contributed by atoms with Gasteiger partial charge in [-0.1, -0.05) is 0 Å². The predicted molar refractivity (Wildman–Crippen MR) is 128 cm³/mol. The molecule has 5 fully saturated rings. The highest BCUT2D eigenvalue weighted by atomic mass is 35.5. The molecule has 2 amide bonds. The van der Waals surface area contributed by atoms with Crippen LogP contribution in [0.2, 0.25) is 0 Å². The van der Waals surface area contributed by atoms with Gasteiger partial charge in [-0.2, -0.15) is 5.26 Å². The van der Waals surface area contributed by atoms with Crippen LogP contribution >= 0.6 is 23.2 Å². The second kappa shape index (κ2) is 10.5. The molecule has 0 aromatic heterocycles. The first-order valence-corrected chi connectivity index (χ1v) is 13.4. The number of nitrogens with one attached hydrogen (secondary N) is 3. The summed E-state index contributed by atoms with van der Waals surface area (Å²) in [6.45, 7) is 1.88. The zero-order valence-electron chi connectivity index (χ0n) is 19.7. The molecule has 1 aliphatic heterocycles. The van der Waals surface area contributed by atoms with Crippen molar-refractivity contribution in [2.45, 2.75) is 117 Å². The van der Waals surface area contributed by atoms with Gasteiger partial charge in [0.1, 0.15) is 6.61 Å². The van der Waals surface area contributed by atoms with Gasteiger partial charge in [-0.25, -0.2) is 0 Å². The number of rotatable bonds is 6. The maximum absolute atomic E-state index is 13.0. The average molecular weight is 515 g/mol. The maximum atomic E-state index is 13.0. The monoisotopic (exact) mass is 514 g/mol. The van der Waals surface area contributed by atoms with Crippen molar-refractivity contribution < 1.29 is 19.4 Å². The third-order valence-electron chi connectivity index (χ3n) is 8.51. The van der Waals surface area contributed by atoms with E-state index in [2.05, 4.69) is 22.0 Å². The van der Waals surface area contributed by atoms with E-state index in [-0.39, 0.29) is 53.3 Å². The maximum Gasteiger partial charge on any atom is 0.246 e. The lowest BCUT2D eigenvalue weighted by atomic mass is 9.59. The Morgan fingerprint density at radius 1 is 1.12 bits per heavy atom. The van der Waals surface area contributed by atoms with E-state index in [1.807, 2.05) is 6.92 Å². The molecule has 4 N–H and O–H groups in total. The number of halogens is 2. The lowest BCUT2D eigenvalue weighted by Gasteiger charge is -2.56. The van der Waals surface area contributed by atoms with Crippen LogP contribution in [-0.4, -0.2) is 69.7 Å². The summed E-state index contributed by atoms with van der Waals surface area (Å²) in [7, 11) is 0. The Balaban J connectivity index is 1.26. The second-order valence-electron chi connectivity index (χ2n) is 10.8. The Labute approximate surface area is 211 Å². The molecule has 0 radical (unpaired) electrons. The van der Waals surface area contributed by atoms with Crippen LogP contribution < -0.4 is 16.0 Å². The van der Waals surface area contributed by atoms with Crippen molar-refractivity contribution in [2.24, 2.45) is 5.92 Å². The minimum absolute atomic E-state index is 0.0271. The summed E-state index contributed by atoms with van der Waals surface area (Å²) in [5.74, 6) is -0.371. The number of fused-ring (bicyclic) bond motifs is 3. The standard InChI is InChI=1S/C24H36Cl2N4O4/c1-14-15(12-27)2-5-19(28-14)22(33)30-23-6-8-24(9-7-23,20(31)11-23)29-21(32)13-34-16-3-4-17(25)18(26)10-16/h14-20,28,31H,2-11,13H2,1H3,(H,29,32)(H,30,33)/t14?,15?,16?,17?,18?,19?,20-,23?,24?/m0/s1. The Bertz CT molecular complexity index is 813. The summed E-state index contributed by atoms with van der Waals surface area (Å²) in [4.78, 5) is 25.7. The third-order valence-corrected chi connectivity index (χ3v) is 9.64. The fourth-order valence-corrected chi connectivity index (χ4v) is 6.76. The number of hydrogen-bond donors (Lipinski definition) is 4. The topological polar surface area (TPSA) is 123 Å². The molecule has 2 bridgehead atoms. The number of ether oxygens (including phenoxy) is 1. The normalized spacial score (nSPS) is 44.1. The van der Waals surface area contributed by atoms with E-state index in [4.69, 9.17) is 27.9 Å². The van der Waals surface area contributed by atoms with E-state index in [1.165, 1.54) is 0 Å². The molecule has 10 heteroatoms. The summed E-state index contributed by atoms with van der Waals surface area (Å²) in [6.07, 6.45) is 5.73. The van der Waals surface area contributed by atoms with Crippen molar-refractivity contribution in [3.05, 3.63) is 0 Å². The highest BCUT2D eigenvalue weighted by Crippen LogP contribution is 2.47. The summed E-state index contributed by atoms with van der Waals surface area (Å²) >= 11 is 12.4. The summed E-state index contributed by atoms with van der Waals surface area (Å²) in [5, 5.41) is 29.5. The Morgan fingerprint density at radius 3 is 2.47 bits per heavy atom. The second-order valence-corrected chi connectivity index (χ2v) is 11.9. The smallest absolute Gasteiger partial charge is 0.246 e. The number of nitriles is 1. The summed E-state index contributed by atoms with van der Waals surface area (Å²) in [6, 6.07) is 1.95. The van der Waals surface area contributed by atoms with Crippen molar-refractivity contribution in [2.75, 3.05) is 6.61 Å². The van der Waals surface area contributed by atoms with Gasteiger partial charge in [0, 0.05) is 11.6 Å². The number of carbonyl (C=O) groups is 2. The highest BCUT2D eigenvalue weighted by Gasteiger charge is 2.55. The predicted octanol–water partition coefficient (Wildman–Crippen LogP) is 2.10. The number of alkyl halides is 2. The van der Waals surface area contributed by atoms with Crippen LogP contribution in [-0.2, 0) is 14.3 Å². The zero-order valence-corrected chi connectivity index (χ0v) is 21.2. The molecule has 4 saturated carbocycles. The number of nitrogens with zero attached hydrogens (tertiary/aromatic N) is 1. The zero-order chi connectivity index (χ0) is 24.5. The van der Waals surface area contributed by atoms with E-state index in [0.717, 1.165) is 12.8 Å². The molecule has 6 unspecified atom stereocenters. The van der Waals surface area contributed by atoms with Gasteiger partial charge in [-0.05, 0) is 71.1 Å². The van der Waals surface area contributed by atoms with E-state index < -0.39 is 17.2 Å². The molecule has 190 valence electrons. The number of amides is 2. The molecular weight excluding hydrogens is 479 g/mol. The van der Waals surface area contributed by atoms with E-state index in [9.17, 15) is 20.0 Å². The molecule has 8 nitrogen and oxygen atoms in total. The minimum Gasteiger partial charge on any atom is -0.391 e. The molecule has 4 aliphatic carbocycles. The van der Waals surface area contributed by atoms with E-state index in [1.54, 1.807) is 0 Å². The Kier molecular flexibility index (Phi) is 8.00. The molecule has 5 aliphatic rings. The van der Waals surface area contributed by atoms with Crippen LogP contribution in [0.5, 0.6) is 0 Å². The third kappa shape index (κ3) is 5.49. The average Bonchev–Trinajstić information content (AvgIpc) is 2.81. The van der Waals surface area contributed by atoms with Crippen molar-refractivity contribution in [1.82, 2.24) is 16.0 Å². The number of aliphatic hydroxyl groups excluding tert-OH is 1. The Morgan fingerprint density at radius 2 is 1.85 bits per heavy atom. The van der Waals surface area contributed by atoms with Gasteiger partial charge >= 0.3 is 0 Å². The SMILES string of the molecule is CC1NC(C(=O)NC23CCC(NC(=O)COC4CCC(Cl)C(Cl)C4)(CC2)[C@@H](O)C3)CCC1C#N. The molecular formula is C24H36Cl2N4O4. The molecule has 34 heavy (non-hydrogen) atoms. The molecule has 0 aromatic rings. The Hall–Kier alpha value is -1.11. The first-order valence-electron chi connectivity index (χ1n) is 12.5. The van der Waals surface area contributed by atoms with Crippen molar-refractivity contribution >= 4 is 35.0 Å². The van der Waals surface area contributed by atoms with Crippen LogP contribution in [0, 0.1) is 17.2 Å². The van der Waals surface area contributed by atoms with Gasteiger partial charge < -0.3 is 25.8 Å². The lowest BCUT2D eigenvalue weighted by Crippen LogP contribution is -2.71. The summed E-state index contributed by atoms with van der Waals surface area (Å²) in [5.41, 5.74) is -1.13. The lowest BCUT2D eigenvalue weighted by molar-refractivity contribution is -0.140. The number of hydrogen-bond acceptors (Lipinski definition) is 6. The molecule has 1 heterocycles. The number of piperidine rings is 1. The largest absolute Gasteiger partial charge is 0.391 e. The van der Waals surface area contributed by atoms with Crippen LogP contribution in [0.15, 0.2) is 0 Å². The van der Waals surface area contributed by atoms with E-state index in [0.29, 0.717) is 51.4 Å². The van der Waals surface area contributed by atoms with Crippen molar-refractivity contribution in [3.63, 3.8) is 0 Å². The fraction of sp³-hybridized carbons (Fsp3) is 0.875. The fourth-order valence-electron chi connectivity index (χ4n) is 6.21.